The molecule has 0 saturated carbocycles. The fourth-order valence-corrected chi connectivity index (χ4v) is 3.07. The van der Waals surface area contributed by atoms with E-state index in [-0.39, 0.29) is 11.3 Å². The number of halogens is 4. The summed E-state index contributed by atoms with van der Waals surface area (Å²) in [5.41, 5.74) is -1.39. The average molecular weight is 437 g/mol. The molecule has 1 N–H and O–H groups in total. The minimum Gasteiger partial charge on any atom is -0.373 e. The highest BCUT2D eigenvalue weighted by Crippen LogP contribution is 2.36. The Kier molecular flexibility index (Phi) is 6.42. The van der Waals surface area contributed by atoms with E-state index < -0.39 is 22.7 Å². The minimum absolute atomic E-state index is 0.107. The zero-order valence-electron chi connectivity index (χ0n) is 15.5. The molecule has 0 unspecified atom stereocenters. The first-order valence-corrected chi connectivity index (χ1v) is 9.22. The Labute approximate surface area is 175 Å². The van der Waals surface area contributed by atoms with Crippen molar-refractivity contribution in [1.29, 1.82) is 5.26 Å². The Morgan fingerprint density at radius 2 is 1.87 bits per heavy atom. The third-order valence-corrected chi connectivity index (χ3v) is 4.69. The molecule has 1 aliphatic rings. The number of nitrogens with one attached hydrogen (secondary N) is 1. The number of anilines is 2. The van der Waals surface area contributed by atoms with Crippen LogP contribution in [-0.4, -0.2) is 47.0 Å². The van der Waals surface area contributed by atoms with Gasteiger partial charge >= 0.3 is 6.18 Å². The van der Waals surface area contributed by atoms with E-state index in [0.717, 1.165) is 12.1 Å². The van der Waals surface area contributed by atoms with Gasteiger partial charge in [0.15, 0.2) is 0 Å². The molecule has 1 fully saturated rings. The molecule has 2 aromatic rings. The van der Waals surface area contributed by atoms with Crippen molar-refractivity contribution < 1.29 is 18.0 Å². The van der Waals surface area contributed by atoms with Gasteiger partial charge in [-0.05, 0) is 24.3 Å². The molecule has 30 heavy (non-hydrogen) atoms. The summed E-state index contributed by atoms with van der Waals surface area (Å²) in [6.45, 7) is 2.23. The molecule has 0 spiro atoms. The maximum Gasteiger partial charge on any atom is 0.417 e. The van der Waals surface area contributed by atoms with Crippen molar-refractivity contribution in [1.82, 2.24) is 14.9 Å². The lowest BCUT2D eigenvalue weighted by Crippen LogP contribution is -2.45. The fourth-order valence-electron chi connectivity index (χ4n) is 2.85. The van der Waals surface area contributed by atoms with Crippen molar-refractivity contribution in [2.45, 2.75) is 6.18 Å². The smallest absolute Gasteiger partial charge is 0.373 e. The highest BCUT2D eigenvalue weighted by molar-refractivity contribution is 6.31. The Hall–Kier alpha value is -3.32. The molecule has 11 heteroatoms. The molecule has 1 aromatic heterocycles. The van der Waals surface area contributed by atoms with Gasteiger partial charge in [-0.2, -0.15) is 18.4 Å². The summed E-state index contributed by atoms with van der Waals surface area (Å²) >= 11 is 5.58. The van der Waals surface area contributed by atoms with Gasteiger partial charge in [0, 0.05) is 50.5 Å². The van der Waals surface area contributed by atoms with E-state index in [9.17, 15) is 23.2 Å². The number of benzene rings is 1. The Morgan fingerprint density at radius 1 is 1.20 bits per heavy atom. The number of carbonyl (C=O) groups is 1. The molecule has 1 aromatic carbocycles. The molecule has 7 nitrogen and oxygen atoms in total. The second-order valence-corrected chi connectivity index (χ2v) is 6.78. The molecular weight excluding hydrogens is 421 g/mol. The predicted octanol–water partition coefficient (Wildman–Crippen LogP) is 3.32. The van der Waals surface area contributed by atoms with Gasteiger partial charge in [-0.3, -0.25) is 4.79 Å². The lowest BCUT2D eigenvalue weighted by molar-refractivity contribution is -0.137. The fraction of sp³-hybridized carbons (Fsp3) is 0.263. The average Bonchev–Trinajstić information content (AvgIpc) is 2.73. The first kappa shape index (κ1) is 21.4. The van der Waals surface area contributed by atoms with E-state index in [1.807, 2.05) is 4.90 Å². The van der Waals surface area contributed by atoms with Gasteiger partial charge in [0.2, 0.25) is 5.95 Å². The summed E-state index contributed by atoms with van der Waals surface area (Å²) in [4.78, 5) is 24.5. The monoisotopic (exact) mass is 436 g/mol. The topological polar surface area (TPSA) is 85.2 Å². The number of aromatic nitrogens is 2. The highest BCUT2D eigenvalue weighted by Gasteiger charge is 2.33. The highest BCUT2D eigenvalue weighted by atomic mass is 35.5. The normalized spacial score (nSPS) is 15.0. The number of rotatable bonds is 4. The maximum absolute atomic E-state index is 13.0. The second-order valence-electron chi connectivity index (χ2n) is 6.37. The number of carbonyl (C=O) groups excluding carboxylic acids is 1. The van der Waals surface area contributed by atoms with Gasteiger partial charge in [0.1, 0.15) is 11.6 Å². The van der Waals surface area contributed by atoms with Crippen LogP contribution in [0.5, 0.6) is 0 Å². The van der Waals surface area contributed by atoms with Crippen LogP contribution in [0, 0.1) is 11.3 Å². The number of nitrogens with zero attached hydrogens (tertiary/aromatic N) is 5. The van der Waals surface area contributed by atoms with Crippen LogP contribution in [0.3, 0.4) is 0 Å². The van der Waals surface area contributed by atoms with E-state index in [4.69, 9.17) is 11.6 Å². The first-order chi connectivity index (χ1) is 14.3. The first-order valence-electron chi connectivity index (χ1n) is 8.84. The van der Waals surface area contributed by atoms with Crippen molar-refractivity contribution in [3.8, 4) is 6.07 Å². The quantitative estimate of drug-likeness (QED) is 0.584. The molecule has 1 amide bonds. The standard InChI is InChI=1S/C19H16ClF3N6O/c20-16-3-2-14(10-15(16)19(21,22)23)27-17(30)13(11-24)12-28-6-8-29(9-7-28)18-25-4-1-5-26-18/h1-5,10,12H,6-9H2,(H,27,30)/b13-12-. The summed E-state index contributed by atoms with van der Waals surface area (Å²) in [6, 6.07) is 6.52. The number of alkyl halides is 3. The van der Waals surface area contributed by atoms with Crippen LogP contribution in [-0.2, 0) is 11.0 Å². The van der Waals surface area contributed by atoms with E-state index in [1.54, 1.807) is 29.4 Å². The number of hydrogen-bond acceptors (Lipinski definition) is 6. The van der Waals surface area contributed by atoms with Crippen LogP contribution >= 0.6 is 11.6 Å². The summed E-state index contributed by atoms with van der Waals surface area (Å²) < 4.78 is 38.9. The summed E-state index contributed by atoms with van der Waals surface area (Å²) in [6.07, 6.45) is 0.0361. The molecule has 0 bridgehead atoms. The minimum atomic E-state index is -4.66. The molecule has 0 atom stereocenters. The molecular formula is C19H16ClF3N6O. The van der Waals surface area contributed by atoms with Gasteiger partial charge in [-0.15, -0.1) is 0 Å². The zero-order valence-corrected chi connectivity index (χ0v) is 16.3. The van der Waals surface area contributed by atoms with E-state index in [2.05, 4.69) is 15.3 Å². The third-order valence-electron chi connectivity index (χ3n) is 4.36. The van der Waals surface area contributed by atoms with Crippen LogP contribution in [0.15, 0.2) is 48.4 Å². The van der Waals surface area contributed by atoms with E-state index in [0.29, 0.717) is 32.1 Å². The van der Waals surface area contributed by atoms with E-state index in [1.165, 1.54) is 12.3 Å². The van der Waals surface area contributed by atoms with Crippen molar-refractivity contribution >= 4 is 29.1 Å². The molecule has 0 radical (unpaired) electrons. The molecule has 3 rings (SSSR count). The maximum atomic E-state index is 13.0. The molecule has 0 aliphatic carbocycles. The SMILES string of the molecule is N#C/C(=C/N1CCN(c2ncccn2)CC1)C(=O)Nc1ccc(Cl)c(C(F)(F)F)c1. The van der Waals surface area contributed by atoms with Crippen LogP contribution in [0.2, 0.25) is 5.02 Å². The van der Waals surface area contributed by atoms with Crippen LogP contribution in [0.25, 0.3) is 0 Å². The lowest BCUT2D eigenvalue weighted by Gasteiger charge is -2.34. The summed E-state index contributed by atoms with van der Waals surface area (Å²) in [7, 11) is 0. The third kappa shape index (κ3) is 5.18. The summed E-state index contributed by atoms with van der Waals surface area (Å²) in [5.74, 6) is -0.204. The second kappa shape index (κ2) is 9.00. The Balaban J connectivity index is 1.66. The number of hydrogen-bond donors (Lipinski definition) is 1. The number of nitriles is 1. The molecule has 2 heterocycles. The largest absolute Gasteiger partial charge is 0.417 e. The zero-order chi connectivity index (χ0) is 21.7. The van der Waals surface area contributed by atoms with E-state index >= 15 is 0 Å². The Morgan fingerprint density at radius 3 is 2.47 bits per heavy atom. The van der Waals surface area contributed by atoms with Crippen molar-refractivity contribution in [3.63, 3.8) is 0 Å². The van der Waals surface area contributed by atoms with Crippen molar-refractivity contribution in [2.75, 3.05) is 36.4 Å². The van der Waals surface area contributed by atoms with Gasteiger partial charge in [-0.1, -0.05) is 11.6 Å². The molecule has 1 saturated heterocycles. The molecule has 156 valence electrons. The van der Waals surface area contributed by atoms with Gasteiger partial charge in [-0.25, -0.2) is 9.97 Å². The van der Waals surface area contributed by atoms with Gasteiger partial charge in [0.05, 0.1) is 10.6 Å². The van der Waals surface area contributed by atoms with Gasteiger partial charge in [0.25, 0.3) is 5.91 Å². The number of piperazine rings is 1. The van der Waals surface area contributed by atoms with Crippen LogP contribution in [0.1, 0.15) is 5.56 Å². The number of amides is 1. The van der Waals surface area contributed by atoms with Crippen LogP contribution in [0.4, 0.5) is 24.8 Å². The van der Waals surface area contributed by atoms with Crippen LogP contribution < -0.4 is 10.2 Å². The molecule has 1 aliphatic heterocycles. The summed E-state index contributed by atoms with van der Waals surface area (Å²) in [5, 5.41) is 11.2. The van der Waals surface area contributed by atoms with Crippen molar-refractivity contribution in [2.24, 2.45) is 0 Å². The van der Waals surface area contributed by atoms with Crippen molar-refractivity contribution in [3.05, 3.63) is 59.0 Å². The Bertz CT molecular complexity index is 982. The van der Waals surface area contributed by atoms with Gasteiger partial charge < -0.3 is 15.1 Å². The lowest BCUT2D eigenvalue weighted by atomic mass is 10.2. The predicted molar refractivity (Wildman–Crippen MR) is 105 cm³/mol.